The first-order chi connectivity index (χ1) is 12.5. The van der Waals surface area contributed by atoms with Gasteiger partial charge in [0.25, 0.3) is 0 Å². The SMILES string of the molecule is O=S(=O)(NCCc1ccc(N2CCCCC2)cc1)c1cc(F)ccc1F. The predicted octanol–water partition coefficient (Wildman–Crippen LogP) is 3.48. The van der Waals surface area contributed by atoms with Gasteiger partial charge in [-0.2, -0.15) is 0 Å². The molecule has 1 saturated heterocycles. The van der Waals surface area contributed by atoms with Gasteiger partial charge in [0.05, 0.1) is 0 Å². The largest absolute Gasteiger partial charge is 0.372 e. The minimum absolute atomic E-state index is 0.112. The molecule has 0 unspecified atom stereocenters. The van der Waals surface area contributed by atoms with E-state index in [1.807, 2.05) is 24.3 Å². The number of hydrogen-bond acceptors (Lipinski definition) is 3. The van der Waals surface area contributed by atoms with Crippen molar-refractivity contribution < 1.29 is 17.2 Å². The molecule has 2 aromatic carbocycles. The van der Waals surface area contributed by atoms with Crippen molar-refractivity contribution in [2.45, 2.75) is 30.6 Å². The first-order valence-corrected chi connectivity index (χ1v) is 10.2. The molecule has 2 aromatic rings. The van der Waals surface area contributed by atoms with Gasteiger partial charge in [0.15, 0.2) is 0 Å². The zero-order valence-corrected chi connectivity index (χ0v) is 15.2. The van der Waals surface area contributed by atoms with Crippen molar-refractivity contribution in [2.24, 2.45) is 0 Å². The second kappa shape index (κ2) is 8.14. The van der Waals surface area contributed by atoms with E-state index in [4.69, 9.17) is 0 Å². The van der Waals surface area contributed by atoms with Crippen molar-refractivity contribution >= 4 is 15.7 Å². The minimum atomic E-state index is -4.08. The van der Waals surface area contributed by atoms with Crippen LogP contribution in [0.25, 0.3) is 0 Å². The highest BCUT2D eigenvalue weighted by Crippen LogP contribution is 2.20. The summed E-state index contributed by atoms with van der Waals surface area (Å²) < 4.78 is 53.4. The molecule has 7 heteroatoms. The van der Waals surface area contributed by atoms with Crippen LogP contribution in [-0.2, 0) is 16.4 Å². The summed E-state index contributed by atoms with van der Waals surface area (Å²) in [5.41, 5.74) is 2.16. The Labute approximate surface area is 152 Å². The van der Waals surface area contributed by atoms with Crippen LogP contribution < -0.4 is 9.62 Å². The fourth-order valence-corrected chi connectivity index (χ4v) is 4.23. The Kier molecular flexibility index (Phi) is 5.88. The zero-order chi connectivity index (χ0) is 18.6. The average Bonchev–Trinajstić information content (AvgIpc) is 2.65. The van der Waals surface area contributed by atoms with Gasteiger partial charge in [-0.05, 0) is 61.6 Å². The molecule has 3 rings (SSSR count). The molecule has 0 bridgehead atoms. The normalized spacial score (nSPS) is 15.2. The van der Waals surface area contributed by atoms with Crippen molar-refractivity contribution in [1.82, 2.24) is 4.72 Å². The second-order valence-corrected chi connectivity index (χ2v) is 8.17. The Balaban J connectivity index is 1.58. The Morgan fingerprint density at radius 1 is 0.962 bits per heavy atom. The summed E-state index contributed by atoms with van der Waals surface area (Å²) >= 11 is 0. The molecule has 26 heavy (non-hydrogen) atoms. The van der Waals surface area contributed by atoms with E-state index in [0.29, 0.717) is 12.5 Å². The first-order valence-electron chi connectivity index (χ1n) is 8.74. The smallest absolute Gasteiger partial charge is 0.243 e. The van der Waals surface area contributed by atoms with Crippen LogP contribution in [0.2, 0.25) is 0 Å². The van der Waals surface area contributed by atoms with Gasteiger partial charge >= 0.3 is 0 Å². The highest BCUT2D eigenvalue weighted by Gasteiger charge is 2.19. The van der Waals surface area contributed by atoms with E-state index in [0.717, 1.165) is 30.8 Å². The predicted molar refractivity (Wildman–Crippen MR) is 97.8 cm³/mol. The van der Waals surface area contributed by atoms with Gasteiger partial charge < -0.3 is 4.90 Å². The van der Waals surface area contributed by atoms with E-state index in [1.165, 1.54) is 24.9 Å². The van der Waals surface area contributed by atoms with Crippen LogP contribution in [0, 0.1) is 11.6 Å². The third-order valence-electron chi connectivity index (χ3n) is 4.55. The van der Waals surface area contributed by atoms with Gasteiger partial charge in [0.1, 0.15) is 16.5 Å². The van der Waals surface area contributed by atoms with E-state index in [2.05, 4.69) is 9.62 Å². The number of sulfonamides is 1. The van der Waals surface area contributed by atoms with Gasteiger partial charge in [0.2, 0.25) is 10.0 Å². The standard InChI is InChI=1S/C19H22F2N2O2S/c20-16-6-9-18(21)19(14-16)26(24,25)22-11-10-15-4-7-17(8-5-15)23-12-2-1-3-13-23/h4-9,14,22H,1-3,10-13H2. The number of benzene rings is 2. The minimum Gasteiger partial charge on any atom is -0.372 e. The van der Waals surface area contributed by atoms with Crippen molar-refractivity contribution in [3.05, 3.63) is 59.7 Å². The fraction of sp³-hybridized carbons (Fsp3) is 0.368. The summed E-state index contributed by atoms with van der Waals surface area (Å²) in [6.07, 6.45) is 4.16. The summed E-state index contributed by atoms with van der Waals surface area (Å²) in [5.74, 6) is -1.76. The molecule has 4 nitrogen and oxygen atoms in total. The number of rotatable bonds is 6. The summed E-state index contributed by atoms with van der Waals surface area (Å²) in [6, 6.07) is 10.4. The lowest BCUT2D eigenvalue weighted by atomic mass is 10.1. The third kappa shape index (κ3) is 4.59. The molecule has 1 aliphatic rings. The Hall–Kier alpha value is -1.99. The number of piperidine rings is 1. The van der Waals surface area contributed by atoms with Crippen LogP contribution in [0.3, 0.4) is 0 Å². The molecule has 0 atom stereocenters. The van der Waals surface area contributed by atoms with Crippen LogP contribution in [0.15, 0.2) is 47.4 Å². The maximum absolute atomic E-state index is 13.6. The highest BCUT2D eigenvalue weighted by atomic mass is 32.2. The number of halogens is 2. The van der Waals surface area contributed by atoms with E-state index < -0.39 is 26.6 Å². The van der Waals surface area contributed by atoms with Gasteiger partial charge in [-0.3, -0.25) is 0 Å². The van der Waals surface area contributed by atoms with Gasteiger partial charge in [0, 0.05) is 25.3 Å². The lowest BCUT2D eigenvalue weighted by Crippen LogP contribution is -2.29. The maximum atomic E-state index is 13.6. The van der Waals surface area contributed by atoms with Crippen molar-refractivity contribution in [3.8, 4) is 0 Å². The number of hydrogen-bond donors (Lipinski definition) is 1. The summed E-state index contributed by atoms with van der Waals surface area (Å²) in [6.45, 7) is 2.25. The van der Waals surface area contributed by atoms with Crippen LogP contribution in [0.4, 0.5) is 14.5 Å². The van der Waals surface area contributed by atoms with Crippen molar-refractivity contribution in [1.29, 1.82) is 0 Å². The van der Waals surface area contributed by atoms with Gasteiger partial charge in [-0.15, -0.1) is 0 Å². The van der Waals surface area contributed by atoms with Crippen molar-refractivity contribution in [3.63, 3.8) is 0 Å². The first kappa shape index (κ1) is 18.8. The van der Waals surface area contributed by atoms with Crippen LogP contribution in [0.5, 0.6) is 0 Å². The fourth-order valence-electron chi connectivity index (χ4n) is 3.12. The van der Waals surface area contributed by atoms with E-state index in [-0.39, 0.29) is 6.54 Å². The third-order valence-corrected chi connectivity index (χ3v) is 6.02. The van der Waals surface area contributed by atoms with Gasteiger partial charge in [-0.1, -0.05) is 12.1 Å². The highest BCUT2D eigenvalue weighted by molar-refractivity contribution is 7.89. The zero-order valence-electron chi connectivity index (χ0n) is 14.4. The summed E-state index contributed by atoms with van der Waals surface area (Å²) in [7, 11) is -4.08. The molecule has 1 fully saturated rings. The molecular formula is C19H22F2N2O2S. The number of nitrogens with zero attached hydrogens (tertiary/aromatic N) is 1. The average molecular weight is 380 g/mol. The molecule has 0 amide bonds. The monoisotopic (exact) mass is 380 g/mol. The topological polar surface area (TPSA) is 49.4 Å². The van der Waals surface area contributed by atoms with Crippen LogP contribution >= 0.6 is 0 Å². The Bertz CT molecular complexity index is 848. The molecule has 1 N–H and O–H groups in total. The summed E-state index contributed by atoms with van der Waals surface area (Å²) in [5, 5.41) is 0. The van der Waals surface area contributed by atoms with E-state index in [9.17, 15) is 17.2 Å². The van der Waals surface area contributed by atoms with Gasteiger partial charge in [-0.25, -0.2) is 21.9 Å². The molecule has 0 aromatic heterocycles. The lowest BCUT2D eigenvalue weighted by Gasteiger charge is -2.28. The maximum Gasteiger partial charge on any atom is 0.243 e. The van der Waals surface area contributed by atoms with Crippen LogP contribution in [-0.4, -0.2) is 28.1 Å². The molecule has 140 valence electrons. The number of anilines is 1. The molecule has 1 heterocycles. The quantitative estimate of drug-likeness (QED) is 0.835. The molecule has 0 saturated carbocycles. The Morgan fingerprint density at radius 3 is 2.35 bits per heavy atom. The lowest BCUT2D eigenvalue weighted by molar-refractivity contribution is 0.546. The molecule has 0 radical (unpaired) electrons. The van der Waals surface area contributed by atoms with E-state index >= 15 is 0 Å². The van der Waals surface area contributed by atoms with Crippen molar-refractivity contribution in [2.75, 3.05) is 24.5 Å². The number of nitrogens with one attached hydrogen (secondary N) is 1. The molecular weight excluding hydrogens is 358 g/mol. The molecule has 1 aliphatic heterocycles. The van der Waals surface area contributed by atoms with Crippen LogP contribution in [0.1, 0.15) is 24.8 Å². The van der Waals surface area contributed by atoms with E-state index in [1.54, 1.807) is 0 Å². The molecule has 0 aliphatic carbocycles. The molecule has 0 spiro atoms. The summed E-state index contributed by atoms with van der Waals surface area (Å²) in [4.78, 5) is 1.68. The second-order valence-electron chi connectivity index (χ2n) is 6.44. The Morgan fingerprint density at radius 2 is 1.65 bits per heavy atom.